The number of phenols is 1. The Morgan fingerprint density at radius 3 is 1.86 bits per heavy atom. The molecule has 0 spiro atoms. The fraction of sp³-hybridized carbons (Fsp3) is 0.300. The van der Waals surface area contributed by atoms with Crippen LogP contribution < -0.4 is 0 Å². The highest BCUT2D eigenvalue weighted by Crippen LogP contribution is 2.47. The molecule has 0 fully saturated rings. The average molecular weight is 847 g/mol. The number of aromatic nitrogens is 3. The summed E-state index contributed by atoms with van der Waals surface area (Å²) in [6, 6.07) is 45.3. The van der Waals surface area contributed by atoms with Crippen LogP contribution in [0.25, 0.3) is 72.7 Å². The third kappa shape index (κ3) is 8.08. The van der Waals surface area contributed by atoms with Gasteiger partial charge in [-0.15, -0.1) is 0 Å². The van der Waals surface area contributed by atoms with Crippen LogP contribution in [0.15, 0.2) is 140 Å². The van der Waals surface area contributed by atoms with Gasteiger partial charge in [0.1, 0.15) is 11.6 Å². The van der Waals surface area contributed by atoms with Crippen molar-refractivity contribution < 1.29 is 9.22 Å². The monoisotopic (exact) mass is 847 g/mol. The van der Waals surface area contributed by atoms with Crippen molar-refractivity contribution in [2.45, 2.75) is 118 Å². The van der Waals surface area contributed by atoms with Crippen molar-refractivity contribution in [2.24, 2.45) is 0 Å². The lowest BCUT2D eigenvalue weighted by Gasteiger charge is -2.36. The van der Waals surface area contributed by atoms with Gasteiger partial charge in [0.25, 0.3) is 0 Å². The van der Waals surface area contributed by atoms with Gasteiger partial charge < -0.3 is 5.11 Å². The van der Waals surface area contributed by atoms with Gasteiger partial charge in [0.05, 0.1) is 28.0 Å². The maximum atomic E-state index is 11.5. The average Bonchev–Trinajstić information content (AvgIpc) is 3.72. The minimum Gasteiger partial charge on any atom is -0.507 e. The van der Waals surface area contributed by atoms with E-state index in [-0.39, 0.29) is 27.6 Å². The summed E-state index contributed by atoms with van der Waals surface area (Å²) < 4.78 is 29.5. The van der Waals surface area contributed by atoms with Gasteiger partial charge in [-0.3, -0.25) is 9.55 Å². The van der Waals surface area contributed by atoms with E-state index in [9.17, 15) is 9.22 Å². The first-order valence-electron chi connectivity index (χ1n) is 24.6. The summed E-state index contributed by atoms with van der Waals surface area (Å²) in [6.07, 6.45) is 5.66. The molecule has 2 heterocycles. The highest BCUT2D eigenvalue weighted by molar-refractivity contribution is 5.97. The lowest BCUT2D eigenvalue weighted by molar-refractivity contribution is 0.426. The highest BCUT2D eigenvalue weighted by atomic mass is 16.3. The number of hydrogen-bond donors (Lipinski definition) is 1. The Morgan fingerprint density at radius 1 is 0.594 bits per heavy atom. The number of aryl methyl sites for hydroxylation is 2. The Balaban J connectivity index is 1.40. The summed E-state index contributed by atoms with van der Waals surface area (Å²) in [5.41, 5.74) is 15.0. The van der Waals surface area contributed by atoms with Gasteiger partial charge in [-0.2, -0.15) is 0 Å². The molecule has 4 nitrogen and oxygen atoms in total. The van der Waals surface area contributed by atoms with Gasteiger partial charge in [-0.1, -0.05) is 147 Å². The van der Waals surface area contributed by atoms with Crippen molar-refractivity contribution in [3.63, 3.8) is 0 Å². The number of phenolic OH excluding ortho intramolecular Hbond substituents is 1. The molecular weight excluding hydrogens is 779 g/mol. The van der Waals surface area contributed by atoms with Crippen molar-refractivity contribution in [1.29, 1.82) is 0 Å². The van der Waals surface area contributed by atoms with E-state index in [0.717, 1.165) is 81.4 Å². The SMILES string of the molecule is [2H]C([2H])([2H])c1cc(-c2c(C(C)(CC)CC)cccc2C(C)(CC)CC)ccc1-n1c(-c2ccccc2O)nc2c(-c3cc(-c4cc(-c5ccc(C)cc5)ccn4)cc(C(C)(C)C)c3)cccc21. The fourth-order valence-corrected chi connectivity index (χ4v) is 9.32. The largest absolute Gasteiger partial charge is 0.507 e. The summed E-state index contributed by atoms with van der Waals surface area (Å²) in [6.45, 7) is 19.9. The summed E-state index contributed by atoms with van der Waals surface area (Å²) in [5.74, 6) is 0.508. The van der Waals surface area contributed by atoms with Crippen LogP contribution in [0.2, 0.25) is 0 Å². The molecule has 64 heavy (non-hydrogen) atoms. The fourth-order valence-electron chi connectivity index (χ4n) is 9.32. The van der Waals surface area contributed by atoms with Crippen LogP contribution in [-0.2, 0) is 16.2 Å². The molecule has 0 saturated heterocycles. The van der Waals surface area contributed by atoms with Crippen molar-refractivity contribution in [3.8, 4) is 67.5 Å². The zero-order valence-electron chi connectivity index (χ0n) is 42.4. The maximum Gasteiger partial charge on any atom is 0.149 e. The molecule has 8 rings (SSSR count). The van der Waals surface area contributed by atoms with E-state index in [1.807, 2.05) is 47.2 Å². The van der Waals surface area contributed by atoms with Gasteiger partial charge in [0.2, 0.25) is 0 Å². The van der Waals surface area contributed by atoms with Crippen LogP contribution in [0, 0.1) is 13.8 Å². The quantitative estimate of drug-likeness (QED) is 0.133. The number of benzene rings is 6. The van der Waals surface area contributed by atoms with Gasteiger partial charge in [0.15, 0.2) is 0 Å². The van der Waals surface area contributed by atoms with Crippen molar-refractivity contribution >= 4 is 11.0 Å². The Hall–Kier alpha value is -6.26. The third-order valence-corrected chi connectivity index (χ3v) is 14.4. The van der Waals surface area contributed by atoms with Gasteiger partial charge in [-0.25, -0.2) is 4.98 Å². The van der Waals surface area contributed by atoms with E-state index in [1.54, 1.807) is 12.1 Å². The predicted octanol–water partition coefficient (Wildman–Crippen LogP) is 16.5. The predicted molar refractivity (Wildman–Crippen MR) is 272 cm³/mol. The molecule has 8 aromatic rings. The Labute approximate surface area is 386 Å². The summed E-state index contributed by atoms with van der Waals surface area (Å²) in [4.78, 5) is 10.3. The van der Waals surface area contributed by atoms with E-state index < -0.39 is 6.85 Å². The molecule has 0 atom stereocenters. The standard InChI is InChI=1S/C60H65N3O/c1-12-59(10,13-2)49-22-19-23-50(60(11,14-3)15-4)55(49)43-30-31-52(40(6)34-43)63-53-24-18-21-47(56(53)62-57(63)48-20-16-17-25-54(48)64)44-35-45(37-46(36-44)58(7,8)9)51-38-42(32-33-61-51)41-28-26-39(5)27-29-41/h16-38,64H,12-15H2,1-11H3/i6D3. The molecule has 1 N–H and O–H groups in total. The van der Waals surface area contributed by atoms with E-state index in [4.69, 9.17) is 9.97 Å². The molecular formula is C60H65N3O. The molecule has 0 saturated carbocycles. The molecule has 0 amide bonds. The Kier molecular flexibility index (Phi) is 11.0. The second-order valence-electron chi connectivity index (χ2n) is 19.3. The molecule has 0 bridgehead atoms. The van der Waals surface area contributed by atoms with E-state index >= 15 is 0 Å². The van der Waals surface area contributed by atoms with E-state index in [2.05, 4.69) is 154 Å². The second kappa shape index (κ2) is 17.4. The molecule has 0 aliphatic rings. The molecule has 2 aromatic heterocycles. The number of para-hydroxylation sites is 2. The molecule has 0 radical (unpaired) electrons. The zero-order valence-corrected chi connectivity index (χ0v) is 39.4. The molecule has 6 aromatic carbocycles. The molecule has 0 aliphatic carbocycles. The van der Waals surface area contributed by atoms with Crippen LogP contribution in [0.3, 0.4) is 0 Å². The van der Waals surface area contributed by atoms with Crippen LogP contribution in [-0.4, -0.2) is 19.6 Å². The molecule has 4 heteroatoms. The van der Waals surface area contributed by atoms with Crippen LogP contribution in [0.4, 0.5) is 0 Å². The second-order valence-corrected chi connectivity index (χ2v) is 19.3. The number of pyridine rings is 1. The number of aromatic hydroxyl groups is 1. The zero-order chi connectivity index (χ0) is 48.1. The van der Waals surface area contributed by atoms with Crippen molar-refractivity contribution in [2.75, 3.05) is 0 Å². The normalized spacial score (nSPS) is 13.2. The van der Waals surface area contributed by atoms with E-state index in [0.29, 0.717) is 22.6 Å². The third-order valence-electron chi connectivity index (χ3n) is 14.4. The number of rotatable bonds is 12. The summed E-state index contributed by atoms with van der Waals surface area (Å²) >= 11 is 0. The van der Waals surface area contributed by atoms with Crippen LogP contribution >= 0.6 is 0 Å². The molecule has 0 unspecified atom stereocenters. The number of fused-ring (bicyclic) bond motifs is 1. The highest BCUT2D eigenvalue weighted by Gasteiger charge is 2.33. The van der Waals surface area contributed by atoms with Crippen LogP contribution in [0.5, 0.6) is 5.75 Å². The Morgan fingerprint density at radius 2 is 1.22 bits per heavy atom. The lowest BCUT2D eigenvalue weighted by atomic mass is 9.68. The van der Waals surface area contributed by atoms with Gasteiger partial charge in [-0.05, 0) is 160 Å². The van der Waals surface area contributed by atoms with Gasteiger partial charge in [0, 0.05) is 21.4 Å². The first kappa shape index (κ1) is 40.5. The molecule has 326 valence electrons. The summed E-state index contributed by atoms with van der Waals surface area (Å²) in [7, 11) is 0. The van der Waals surface area contributed by atoms with Crippen molar-refractivity contribution in [3.05, 3.63) is 167 Å². The van der Waals surface area contributed by atoms with Gasteiger partial charge >= 0.3 is 0 Å². The topological polar surface area (TPSA) is 50.9 Å². The summed E-state index contributed by atoms with van der Waals surface area (Å²) in [5, 5.41) is 11.5. The van der Waals surface area contributed by atoms with E-state index in [1.165, 1.54) is 16.7 Å². The first-order chi connectivity index (χ1) is 31.8. The maximum absolute atomic E-state index is 11.5. The molecule has 0 aliphatic heterocycles. The number of hydrogen-bond acceptors (Lipinski definition) is 3. The minimum atomic E-state index is -2.50. The van der Waals surface area contributed by atoms with Crippen LogP contribution in [0.1, 0.15) is 120 Å². The first-order valence-corrected chi connectivity index (χ1v) is 23.1. The number of nitrogens with zero attached hydrogens (tertiary/aromatic N) is 3. The minimum absolute atomic E-state index is 0.0552. The smallest absolute Gasteiger partial charge is 0.149 e. The number of imidazole rings is 1. The van der Waals surface area contributed by atoms with Crippen molar-refractivity contribution in [1.82, 2.24) is 14.5 Å². The Bertz CT molecular complexity index is 3050. The lowest BCUT2D eigenvalue weighted by Crippen LogP contribution is -2.25.